The summed E-state index contributed by atoms with van der Waals surface area (Å²) in [6.45, 7) is 7.38. The van der Waals surface area contributed by atoms with Gasteiger partial charge in [0.25, 0.3) is 0 Å². The van der Waals surface area contributed by atoms with Gasteiger partial charge in [-0.3, -0.25) is 4.90 Å². The van der Waals surface area contributed by atoms with E-state index in [0.717, 1.165) is 17.4 Å². The van der Waals surface area contributed by atoms with Crippen molar-refractivity contribution in [3.8, 4) is 0 Å². The van der Waals surface area contributed by atoms with Crippen LogP contribution in [-0.2, 0) is 0 Å². The molecule has 0 aliphatic heterocycles. The molecule has 1 aliphatic carbocycles. The lowest BCUT2D eigenvalue weighted by Crippen LogP contribution is -2.36. The smallest absolute Gasteiger partial charge is 0.122 e. The molecule has 1 fully saturated rings. The highest BCUT2D eigenvalue weighted by atomic mass is 16.3. The molecule has 19 heavy (non-hydrogen) atoms. The van der Waals surface area contributed by atoms with Crippen molar-refractivity contribution >= 4 is 0 Å². The summed E-state index contributed by atoms with van der Waals surface area (Å²) in [5, 5.41) is 0. The van der Waals surface area contributed by atoms with Gasteiger partial charge in [-0.1, -0.05) is 20.3 Å². The van der Waals surface area contributed by atoms with Gasteiger partial charge in [-0.15, -0.1) is 0 Å². The summed E-state index contributed by atoms with van der Waals surface area (Å²) in [6.07, 6.45) is 3.66. The van der Waals surface area contributed by atoms with Crippen LogP contribution < -0.4 is 5.73 Å². The number of rotatable bonds is 7. The third-order valence-electron chi connectivity index (χ3n) is 4.57. The molecule has 1 aromatic heterocycles. The quantitative estimate of drug-likeness (QED) is 0.819. The van der Waals surface area contributed by atoms with Gasteiger partial charge >= 0.3 is 0 Å². The van der Waals surface area contributed by atoms with Crippen LogP contribution in [0.1, 0.15) is 63.5 Å². The number of nitrogens with two attached hydrogens (primary N) is 1. The largest absolute Gasteiger partial charge is 0.464 e. The SMILES string of the molecule is CCCC(C)N(C)C(CN)c1ccc(C2CC2C)o1. The van der Waals surface area contributed by atoms with Crippen LogP contribution in [0.5, 0.6) is 0 Å². The summed E-state index contributed by atoms with van der Waals surface area (Å²) in [5.41, 5.74) is 5.97. The van der Waals surface area contributed by atoms with Crippen LogP contribution in [0.15, 0.2) is 16.5 Å². The highest BCUT2D eigenvalue weighted by molar-refractivity contribution is 5.19. The van der Waals surface area contributed by atoms with Crippen molar-refractivity contribution in [2.45, 2.75) is 58.0 Å². The Kier molecular flexibility index (Phi) is 4.69. The summed E-state index contributed by atoms with van der Waals surface area (Å²) >= 11 is 0. The monoisotopic (exact) mass is 264 g/mol. The van der Waals surface area contributed by atoms with Gasteiger partial charge in [0.05, 0.1) is 6.04 Å². The van der Waals surface area contributed by atoms with Crippen molar-refractivity contribution in [1.82, 2.24) is 4.90 Å². The van der Waals surface area contributed by atoms with Crippen molar-refractivity contribution in [3.05, 3.63) is 23.7 Å². The van der Waals surface area contributed by atoms with E-state index in [1.165, 1.54) is 19.3 Å². The van der Waals surface area contributed by atoms with Gasteiger partial charge in [0.15, 0.2) is 0 Å². The molecular weight excluding hydrogens is 236 g/mol. The van der Waals surface area contributed by atoms with Crippen LogP contribution >= 0.6 is 0 Å². The Bertz CT molecular complexity index is 401. The van der Waals surface area contributed by atoms with Crippen LogP contribution in [0.2, 0.25) is 0 Å². The Hall–Kier alpha value is -0.800. The highest BCUT2D eigenvalue weighted by Gasteiger charge is 2.37. The van der Waals surface area contributed by atoms with E-state index in [1.54, 1.807) is 0 Å². The summed E-state index contributed by atoms with van der Waals surface area (Å²) < 4.78 is 6.06. The number of nitrogens with zero attached hydrogens (tertiary/aromatic N) is 1. The molecule has 0 bridgehead atoms. The van der Waals surface area contributed by atoms with E-state index in [2.05, 4.69) is 44.9 Å². The Morgan fingerprint density at radius 2 is 2.16 bits per heavy atom. The molecular formula is C16H28N2O. The fourth-order valence-corrected chi connectivity index (χ4v) is 2.88. The molecule has 1 saturated carbocycles. The molecule has 3 heteroatoms. The van der Waals surface area contributed by atoms with Crippen LogP contribution in [0.4, 0.5) is 0 Å². The summed E-state index contributed by atoms with van der Waals surface area (Å²) in [7, 11) is 2.15. The molecule has 1 aliphatic rings. The average Bonchev–Trinajstić information content (AvgIpc) is 2.92. The molecule has 4 unspecified atom stereocenters. The molecule has 0 saturated heterocycles. The normalized spacial score (nSPS) is 25.6. The minimum atomic E-state index is 0.198. The van der Waals surface area contributed by atoms with E-state index in [9.17, 15) is 0 Å². The maximum absolute atomic E-state index is 6.06. The van der Waals surface area contributed by atoms with Crippen LogP contribution in [0.3, 0.4) is 0 Å². The molecule has 4 atom stereocenters. The minimum absolute atomic E-state index is 0.198. The predicted molar refractivity (Wildman–Crippen MR) is 79.2 cm³/mol. The number of hydrogen-bond acceptors (Lipinski definition) is 3. The molecule has 108 valence electrons. The van der Waals surface area contributed by atoms with E-state index >= 15 is 0 Å². The van der Waals surface area contributed by atoms with Crippen molar-refractivity contribution in [2.24, 2.45) is 11.7 Å². The third kappa shape index (κ3) is 3.21. The highest BCUT2D eigenvalue weighted by Crippen LogP contribution is 2.47. The fourth-order valence-electron chi connectivity index (χ4n) is 2.88. The van der Waals surface area contributed by atoms with Crippen LogP contribution in [0.25, 0.3) is 0 Å². The van der Waals surface area contributed by atoms with Crippen LogP contribution in [-0.4, -0.2) is 24.5 Å². The lowest BCUT2D eigenvalue weighted by Gasteiger charge is -2.31. The van der Waals surface area contributed by atoms with E-state index in [4.69, 9.17) is 10.2 Å². The van der Waals surface area contributed by atoms with Gasteiger partial charge < -0.3 is 10.2 Å². The molecule has 0 aromatic carbocycles. The minimum Gasteiger partial charge on any atom is -0.464 e. The molecule has 0 amide bonds. The first-order valence-electron chi connectivity index (χ1n) is 7.60. The topological polar surface area (TPSA) is 42.4 Å². The number of furan rings is 1. The van der Waals surface area contributed by atoms with Gasteiger partial charge in [-0.25, -0.2) is 0 Å². The number of hydrogen-bond donors (Lipinski definition) is 1. The summed E-state index contributed by atoms with van der Waals surface area (Å²) in [5.74, 6) is 3.61. The lowest BCUT2D eigenvalue weighted by atomic mass is 10.1. The maximum Gasteiger partial charge on any atom is 0.122 e. The van der Waals surface area contributed by atoms with E-state index in [0.29, 0.717) is 18.5 Å². The molecule has 1 aromatic rings. The first-order chi connectivity index (χ1) is 9.08. The Morgan fingerprint density at radius 3 is 2.68 bits per heavy atom. The van der Waals surface area contributed by atoms with Crippen molar-refractivity contribution in [1.29, 1.82) is 0 Å². The standard InChI is InChI=1S/C16H28N2O/c1-5-6-12(3)18(4)14(10-17)16-8-7-15(19-16)13-9-11(13)2/h7-8,11-14H,5-6,9-10,17H2,1-4H3. The lowest BCUT2D eigenvalue weighted by molar-refractivity contribution is 0.159. The fraction of sp³-hybridized carbons (Fsp3) is 0.750. The van der Waals surface area contributed by atoms with Gasteiger partial charge in [0.2, 0.25) is 0 Å². The molecule has 0 radical (unpaired) electrons. The molecule has 0 spiro atoms. The second-order valence-electron chi connectivity index (χ2n) is 6.11. The Labute approximate surface area is 117 Å². The number of likely N-dealkylation sites (N-methyl/N-ethyl adjacent to an activating group) is 1. The maximum atomic E-state index is 6.06. The summed E-state index contributed by atoms with van der Waals surface area (Å²) in [6, 6.07) is 4.99. The molecule has 2 N–H and O–H groups in total. The van der Waals surface area contributed by atoms with E-state index in [-0.39, 0.29) is 6.04 Å². The molecule has 2 rings (SSSR count). The first-order valence-corrected chi connectivity index (χ1v) is 7.60. The molecule has 1 heterocycles. The second-order valence-corrected chi connectivity index (χ2v) is 6.11. The van der Waals surface area contributed by atoms with Gasteiger partial charge in [0.1, 0.15) is 11.5 Å². The van der Waals surface area contributed by atoms with E-state index in [1.807, 2.05) is 0 Å². The Morgan fingerprint density at radius 1 is 1.47 bits per heavy atom. The zero-order chi connectivity index (χ0) is 14.0. The zero-order valence-corrected chi connectivity index (χ0v) is 12.7. The summed E-state index contributed by atoms with van der Waals surface area (Å²) in [4.78, 5) is 2.35. The first kappa shape index (κ1) is 14.6. The average molecular weight is 264 g/mol. The van der Waals surface area contributed by atoms with Crippen molar-refractivity contribution in [2.75, 3.05) is 13.6 Å². The van der Waals surface area contributed by atoms with Crippen molar-refractivity contribution < 1.29 is 4.42 Å². The van der Waals surface area contributed by atoms with Crippen molar-refractivity contribution in [3.63, 3.8) is 0 Å². The van der Waals surface area contributed by atoms with Gasteiger partial charge in [-0.05, 0) is 44.9 Å². The Balaban J connectivity index is 2.06. The predicted octanol–water partition coefficient (Wildman–Crippen LogP) is 3.52. The van der Waals surface area contributed by atoms with Gasteiger partial charge in [-0.2, -0.15) is 0 Å². The second kappa shape index (κ2) is 6.10. The third-order valence-corrected chi connectivity index (χ3v) is 4.57. The van der Waals surface area contributed by atoms with E-state index < -0.39 is 0 Å². The van der Waals surface area contributed by atoms with Gasteiger partial charge in [0, 0.05) is 18.5 Å². The zero-order valence-electron chi connectivity index (χ0n) is 12.7. The van der Waals surface area contributed by atoms with Crippen LogP contribution in [0, 0.1) is 5.92 Å². The molecule has 3 nitrogen and oxygen atoms in total.